The molecule has 0 aliphatic carbocycles. The Labute approximate surface area is 102 Å². The first-order chi connectivity index (χ1) is 8.04. The van der Waals surface area contributed by atoms with Crippen molar-refractivity contribution in [2.75, 3.05) is 0 Å². The van der Waals surface area contributed by atoms with Gasteiger partial charge in [0.1, 0.15) is 0 Å². The Kier molecular flexibility index (Phi) is 3.29. The summed E-state index contributed by atoms with van der Waals surface area (Å²) in [5.74, 6) is 0. The lowest BCUT2D eigenvalue weighted by Gasteiger charge is -2.11. The monoisotopic (exact) mass is 230 g/mol. The van der Waals surface area contributed by atoms with Gasteiger partial charge in [-0.25, -0.2) is 0 Å². The number of aryl methyl sites for hydroxylation is 3. The van der Waals surface area contributed by atoms with Crippen LogP contribution >= 0.6 is 0 Å². The average Bonchev–Trinajstić information content (AvgIpc) is 2.62. The van der Waals surface area contributed by atoms with Crippen molar-refractivity contribution in [1.82, 2.24) is 9.78 Å². The standard InChI is InChI=1S/C14H18N2O/c1-10-6-11(2)8-12(7-10)14(17)9-13-4-5-16(3)15-13/h4-8,14,17H,9H2,1-3H3. The molecule has 0 fully saturated rings. The minimum Gasteiger partial charge on any atom is -0.388 e. The Hall–Kier alpha value is -1.61. The zero-order chi connectivity index (χ0) is 12.4. The van der Waals surface area contributed by atoms with Crippen LogP contribution in [0.5, 0.6) is 0 Å². The minimum atomic E-state index is -0.483. The van der Waals surface area contributed by atoms with Gasteiger partial charge in [0.25, 0.3) is 0 Å². The van der Waals surface area contributed by atoms with Gasteiger partial charge in [0.15, 0.2) is 0 Å². The fraction of sp³-hybridized carbons (Fsp3) is 0.357. The topological polar surface area (TPSA) is 38.0 Å². The second-order valence-corrected chi connectivity index (χ2v) is 4.62. The highest BCUT2D eigenvalue weighted by Crippen LogP contribution is 2.20. The predicted octanol–water partition coefficient (Wildman–Crippen LogP) is 2.31. The zero-order valence-corrected chi connectivity index (χ0v) is 10.5. The first kappa shape index (κ1) is 11.9. The van der Waals surface area contributed by atoms with Crippen LogP contribution in [0.15, 0.2) is 30.5 Å². The summed E-state index contributed by atoms with van der Waals surface area (Å²) in [6.07, 6.45) is 1.97. The molecule has 0 aliphatic rings. The minimum absolute atomic E-state index is 0.483. The molecule has 1 aromatic heterocycles. The van der Waals surface area contributed by atoms with Crippen molar-refractivity contribution in [1.29, 1.82) is 0 Å². The number of hydrogen-bond acceptors (Lipinski definition) is 2. The molecule has 1 heterocycles. The number of hydrogen-bond donors (Lipinski definition) is 1. The van der Waals surface area contributed by atoms with E-state index in [1.165, 1.54) is 11.1 Å². The molecule has 3 heteroatoms. The molecule has 1 N–H and O–H groups in total. The SMILES string of the molecule is Cc1cc(C)cc(C(O)Cc2ccn(C)n2)c1. The smallest absolute Gasteiger partial charge is 0.0846 e. The second kappa shape index (κ2) is 4.72. The molecule has 0 aliphatic heterocycles. The number of rotatable bonds is 3. The van der Waals surface area contributed by atoms with E-state index in [1.807, 2.05) is 45.3 Å². The van der Waals surface area contributed by atoms with Crippen molar-refractivity contribution in [2.45, 2.75) is 26.4 Å². The van der Waals surface area contributed by atoms with Gasteiger partial charge < -0.3 is 5.11 Å². The van der Waals surface area contributed by atoms with E-state index >= 15 is 0 Å². The van der Waals surface area contributed by atoms with E-state index in [2.05, 4.69) is 11.2 Å². The van der Waals surface area contributed by atoms with Crippen molar-refractivity contribution in [2.24, 2.45) is 7.05 Å². The Morgan fingerprint density at radius 1 is 1.24 bits per heavy atom. The van der Waals surface area contributed by atoms with Crippen LogP contribution in [0.2, 0.25) is 0 Å². The van der Waals surface area contributed by atoms with E-state index in [4.69, 9.17) is 0 Å². The van der Waals surface area contributed by atoms with Gasteiger partial charge in [-0.15, -0.1) is 0 Å². The molecule has 0 bridgehead atoms. The highest BCUT2D eigenvalue weighted by molar-refractivity contribution is 5.30. The van der Waals surface area contributed by atoms with E-state index < -0.39 is 6.10 Å². The van der Waals surface area contributed by atoms with Crippen LogP contribution in [-0.4, -0.2) is 14.9 Å². The average molecular weight is 230 g/mol. The van der Waals surface area contributed by atoms with E-state index in [0.717, 1.165) is 11.3 Å². The van der Waals surface area contributed by atoms with Gasteiger partial charge >= 0.3 is 0 Å². The lowest BCUT2D eigenvalue weighted by molar-refractivity contribution is 0.177. The van der Waals surface area contributed by atoms with Crippen molar-refractivity contribution in [3.05, 3.63) is 52.8 Å². The summed E-state index contributed by atoms with van der Waals surface area (Å²) < 4.78 is 1.75. The van der Waals surface area contributed by atoms with Crippen LogP contribution in [0, 0.1) is 13.8 Å². The lowest BCUT2D eigenvalue weighted by Crippen LogP contribution is -2.03. The molecule has 2 aromatic rings. The molecule has 2 rings (SSSR count). The van der Waals surface area contributed by atoms with Crippen molar-refractivity contribution < 1.29 is 5.11 Å². The van der Waals surface area contributed by atoms with Crippen molar-refractivity contribution in [3.8, 4) is 0 Å². The van der Waals surface area contributed by atoms with Gasteiger partial charge in [-0.2, -0.15) is 5.10 Å². The van der Waals surface area contributed by atoms with Crippen molar-refractivity contribution >= 4 is 0 Å². The van der Waals surface area contributed by atoms with Crippen LogP contribution in [0.1, 0.15) is 28.5 Å². The fourth-order valence-corrected chi connectivity index (χ4v) is 2.09. The molecule has 1 atom stereocenters. The number of aromatic nitrogens is 2. The lowest BCUT2D eigenvalue weighted by atomic mass is 10.0. The maximum Gasteiger partial charge on any atom is 0.0846 e. The maximum atomic E-state index is 10.2. The molecule has 0 spiro atoms. The largest absolute Gasteiger partial charge is 0.388 e. The molecule has 0 amide bonds. The van der Waals surface area contributed by atoms with Gasteiger partial charge in [-0.05, 0) is 25.5 Å². The Morgan fingerprint density at radius 2 is 1.88 bits per heavy atom. The number of benzene rings is 1. The molecule has 0 radical (unpaired) electrons. The maximum absolute atomic E-state index is 10.2. The summed E-state index contributed by atoms with van der Waals surface area (Å²) in [5, 5.41) is 14.5. The van der Waals surface area contributed by atoms with Crippen LogP contribution in [-0.2, 0) is 13.5 Å². The molecule has 1 unspecified atom stereocenters. The first-order valence-corrected chi connectivity index (χ1v) is 5.79. The summed E-state index contributed by atoms with van der Waals surface area (Å²) >= 11 is 0. The zero-order valence-electron chi connectivity index (χ0n) is 10.5. The summed E-state index contributed by atoms with van der Waals surface area (Å²) in [6, 6.07) is 8.10. The van der Waals surface area contributed by atoms with Crippen LogP contribution in [0.3, 0.4) is 0 Å². The fourth-order valence-electron chi connectivity index (χ4n) is 2.09. The summed E-state index contributed by atoms with van der Waals surface area (Å²) in [4.78, 5) is 0. The highest BCUT2D eigenvalue weighted by Gasteiger charge is 2.11. The Morgan fingerprint density at radius 3 is 2.41 bits per heavy atom. The van der Waals surface area contributed by atoms with Gasteiger partial charge in [0, 0.05) is 19.7 Å². The number of nitrogens with zero attached hydrogens (tertiary/aromatic N) is 2. The van der Waals surface area contributed by atoms with Crippen LogP contribution in [0.25, 0.3) is 0 Å². The Bertz CT molecular complexity index is 496. The quantitative estimate of drug-likeness (QED) is 0.878. The third-order valence-corrected chi connectivity index (χ3v) is 2.80. The molecular formula is C14H18N2O. The van der Waals surface area contributed by atoms with Gasteiger partial charge in [0.05, 0.1) is 11.8 Å². The molecule has 90 valence electrons. The molecule has 3 nitrogen and oxygen atoms in total. The van der Waals surface area contributed by atoms with Crippen LogP contribution in [0.4, 0.5) is 0 Å². The van der Waals surface area contributed by atoms with Gasteiger partial charge in [-0.3, -0.25) is 4.68 Å². The number of aliphatic hydroxyl groups is 1. The van der Waals surface area contributed by atoms with E-state index in [9.17, 15) is 5.11 Å². The predicted molar refractivity (Wildman–Crippen MR) is 67.8 cm³/mol. The molecule has 0 saturated heterocycles. The first-order valence-electron chi connectivity index (χ1n) is 5.79. The van der Waals surface area contributed by atoms with E-state index in [-0.39, 0.29) is 0 Å². The molecular weight excluding hydrogens is 212 g/mol. The Balaban J connectivity index is 2.16. The highest BCUT2D eigenvalue weighted by atomic mass is 16.3. The second-order valence-electron chi connectivity index (χ2n) is 4.62. The third kappa shape index (κ3) is 2.94. The number of aliphatic hydroxyl groups excluding tert-OH is 1. The van der Waals surface area contributed by atoms with E-state index in [1.54, 1.807) is 4.68 Å². The normalized spacial score (nSPS) is 12.7. The third-order valence-electron chi connectivity index (χ3n) is 2.80. The summed E-state index contributed by atoms with van der Waals surface area (Å²) in [7, 11) is 1.88. The van der Waals surface area contributed by atoms with Gasteiger partial charge in [0.2, 0.25) is 0 Å². The molecule has 0 saturated carbocycles. The molecule has 1 aromatic carbocycles. The summed E-state index contributed by atoms with van der Waals surface area (Å²) in [6.45, 7) is 4.09. The van der Waals surface area contributed by atoms with Gasteiger partial charge in [-0.1, -0.05) is 29.3 Å². The van der Waals surface area contributed by atoms with E-state index in [0.29, 0.717) is 6.42 Å². The van der Waals surface area contributed by atoms with Crippen LogP contribution < -0.4 is 0 Å². The summed E-state index contributed by atoms with van der Waals surface area (Å²) in [5.41, 5.74) is 4.24. The molecule has 17 heavy (non-hydrogen) atoms. The van der Waals surface area contributed by atoms with Crippen molar-refractivity contribution in [3.63, 3.8) is 0 Å².